The van der Waals surface area contributed by atoms with Crippen LogP contribution in [0.3, 0.4) is 0 Å². The number of hydrogen-bond donors (Lipinski definition) is 0. The van der Waals surface area contributed by atoms with Crippen molar-refractivity contribution >= 4 is 11.3 Å². The molecule has 0 spiro atoms. The molecule has 1 aliphatic rings. The molecule has 0 radical (unpaired) electrons. The quantitative estimate of drug-likeness (QED) is 0.700. The molecule has 0 unspecified atom stereocenters. The third-order valence-corrected chi connectivity index (χ3v) is 2.73. The van der Waals surface area contributed by atoms with E-state index in [9.17, 15) is 4.79 Å². The Kier molecular flexibility index (Phi) is 2.95. The maximum atomic E-state index is 11.3. The van der Waals surface area contributed by atoms with Crippen molar-refractivity contribution in [3.05, 3.63) is 14.7 Å². The zero-order chi connectivity index (χ0) is 9.97. The lowest BCUT2D eigenvalue weighted by molar-refractivity contribution is -0.0948. The van der Waals surface area contributed by atoms with Gasteiger partial charge in [-0.2, -0.15) is 5.10 Å². The summed E-state index contributed by atoms with van der Waals surface area (Å²) in [5, 5.41) is 4.88. The van der Waals surface area contributed by atoms with Crippen molar-refractivity contribution in [3.8, 4) is 0 Å². The van der Waals surface area contributed by atoms with Crippen LogP contribution in [0.2, 0.25) is 0 Å². The van der Waals surface area contributed by atoms with E-state index in [1.165, 1.54) is 4.68 Å². The van der Waals surface area contributed by atoms with E-state index in [1.54, 1.807) is 0 Å². The average molecular weight is 216 g/mol. The highest BCUT2D eigenvalue weighted by molar-refractivity contribution is 7.08. The maximum Gasteiger partial charge on any atom is 0.325 e. The zero-order valence-electron chi connectivity index (χ0n) is 7.93. The summed E-state index contributed by atoms with van der Waals surface area (Å²) in [7, 11) is 0. The molecule has 78 valence electrons. The average Bonchev–Trinajstić information content (AvgIpc) is 2.47. The largest absolute Gasteiger partial charge is 0.376 e. The molecular formula is C8H12N2O3S. The molecule has 1 aliphatic heterocycles. The van der Waals surface area contributed by atoms with Gasteiger partial charge in [0.05, 0.1) is 26.4 Å². The van der Waals surface area contributed by atoms with Gasteiger partial charge in [-0.25, -0.2) is 4.68 Å². The Bertz CT molecular complexity index is 354. The number of hydrogen-bond acceptors (Lipinski definition) is 5. The highest BCUT2D eigenvalue weighted by atomic mass is 32.1. The summed E-state index contributed by atoms with van der Waals surface area (Å²) < 4.78 is 12.1. The lowest BCUT2D eigenvalue weighted by Gasteiger charge is -2.22. The molecule has 0 saturated carbocycles. The summed E-state index contributed by atoms with van der Waals surface area (Å²) in [6.45, 7) is 4.09. The fourth-order valence-electron chi connectivity index (χ4n) is 1.36. The minimum Gasteiger partial charge on any atom is -0.376 e. The molecule has 1 aromatic heterocycles. The predicted molar refractivity (Wildman–Crippen MR) is 51.7 cm³/mol. The smallest absolute Gasteiger partial charge is 0.325 e. The third-order valence-electron chi connectivity index (χ3n) is 1.97. The first-order valence-electron chi connectivity index (χ1n) is 4.49. The van der Waals surface area contributed by atoms with Crippen LogP contribution in [0.4, 0.5) is 0 Å². The standard InChI is InChI=1S/C8H12N2O3S/c1-6-9-10(8(11)14-6)4-7-5-12-2-3-13-7/h7H,2-5H2,1H3/t7-/m0/s1. The van der Waals surface area contributed by atoms with Gasteiger partial charge in [0.1, 0.15) is 11.1 Å². The maximum absolute atomic E-state index is 11.3. The van der Waals surface area contributed by atoms with Gasteiger partial charge in [0.2, 0.25) is 0 Å². The second-order valence-electron chi connectivity index (χ2n) is 3.14. The van der Waals surface area contributed by atoms with Gasteiger partial charge in [-0.05, 0) is 6.92 Å². The molecular weight excluding hydrogens is 204 g/mol. The van der Waals surface area contributed by atoms with E-state index in [0.29, 0.717) is 26.4 Å². The van der Waals surface area contributed by atoms with Gasteiger partial charge in [-0.1, -0.05) is 11.3 Å². The van der Waals surface area contributed by atoms with Crippen LogP contribution in [0.15, 0.2) is 4.79 Å². The first kappa shape index (κ1) is 9.82. The van der Waals surface area contributed by atoms with Gasteiger partial charge in [-0.15, -0.1) is 0 Å². The Balaban J connectivity index is 2.02. The number of aromatic nitrogens is 2. The molecule has 0 aliphatic carbocycles. The van der Waals surface area contributed by atoms with E-state index in [-0.39, 0.29) is 11.0 Å². The van der Waals surface area contributed by atoms with Crippen LogP contribution in [0.25, 0.3) is 0 Å². The van der Waals surface area contributed by atoms with Crippen LogP contribution in [0.1, 0.15) is 5.01 Å². The summed E-state index contributed by atoms with van der Waals surface area (Å²) in [6.07, 6.45) is -0.0389. The van der Waals surface area contributed by atoms with Crippen molar-refractivity contribution in [3.63, 3.8) is 0 Å². The summed E-state index contributed by atoms with van der Waals surface area (Å²) >= 11 is 1.16. The van der Waals surface area contributed by atoms with Crippen molar-refractivity contribution in [1.29, 1.82) is 0 Å². The molecule has 6 heteroatoms. The van der Waals surface area contributed by atoms with Gasteiger partial charge >= 0.3 is 4.87 Å². The monoisotopic (exact) mass is 216 g/mol. The van der Waals surface area contributed by atoms with Crippen LogP contribution < -0.4 is 4.87 Å². The van der Waals surface area contributed by atoms with E-state index >= 15 is 0 Å². The molecule has 5 nitrogen and oxygen atoms in total. The van der Waals surface area contributed by atoms with Crippen LogP contribution in [0.5, 0.6) is 0 Å². The van der Waals surface area contributed by atoms with Crippen molar-refractivity contribution in [2.75, 3.05) is 19.8 Å². The van der Waals surface area contributed by atoms with Crippen molar-refractivity contribution in [1.82, 2.24) is 9.78 Å². The lowest BCUT2D eigenvalue weighted by atomic mass is 10.3. The second-order valence-corrected chi connectivity index (χ2v) is 4.28. The van der Waals surface area contributed by atoms with E-state index in [0.717, 1.165) is 16.3 Å². The lowest BCUT2D eigenvalue weighted by Crippen LogP contribution is -2.34. The third kappa shape index (κ3) is 2.20. The molecule has 0 aromatic carbocycles. The Morgan fingerprint density at radius 2 is 2.50 bits per heavy atom. The molecule has 2 heterocycles. The Hall–Kier alpha value is -0.720. The highest BCUT2D eigenvalue weighted by Crippen LogP contribution is 2.03. The van der Waals surface area contributed by atoms with E-state index in [1.807, 2.05) is 6.92 Å². The first-order valence-corrected chi connectivity index (χ1v) is 5.31. The van der Waals surface area contributed by atoms with Crippen molar-refractivity contribution < 1.29 is 9.47 Å². The normalized spacial score (nSPS) is 22.5. The number of aryl methyl sites for hydroxylation is 1. The molecule has 0 N–H and O–H groups in total. The molecule has 0 bridgehead atoms. The number of nitrogens with zero attached hydrogens (tertiary/aromatic N) is 2. The van der Waals surface area contributed by atoms with Gasteiger partial charge < -0.3 is 9.47 Å². The fourth-order valence-corrected chi connectivity index (χ4v) is 1.97. The van der Waals surface area contributed by atoms with Crippen molar-refractivity contribution in [2.45, 2.75) is 19.6 Å². The van der Waals surface area contributed by atoms with E-state index < -0.39 is 0 Å². The molecule has 1 saturated heterocycles. The Morgan fingerprint density at radius 1 is 1.64 bits per heavy atom. The van der Waals surface area contributed by atoms with Crippen LogP contribution in [-0.2, 0) is 16.0 Å². The van der Waals surface area contributed by atoms with Crippen molar-refractivity contribution in [2.24, 2.45) is 0 Å². The van der Waals surface area contributed by atoms with Gasteiger partial charge in [0.15, 0.2) is 0 Å². The summed E-state index contributed by atoms with van der Waals surface area (Å²) in [5.74, 6) is 0. The molecule has 14 heavy (non-hydrogen) atoms. The number of ether oxygens (including phenoxy) is 2. The Morgan fingerprint density at radius 3 is 3.07 bits per heavy atom. The zero-order valence-corrected chi connectivity index (χ0v) is 8.75. The molecule has 0 amide bonds. The van der Waals surface area contributed by atoms with Gasteiger partial charge in [0, 0.05) is 0 Å². The van der Waals surface area contributed by atoms with Crippen LogP contribution in [-0.4, -0.2) is 35.7 Å². The molecule has 2 rings (SSSR count). The predicted octanol–water partition coefficient (Wildman–Crippen LogP) is 0.0286. The van der Waals surface area contributed by atoms with Gasteiger partial charge in [0.25, 0.3) is 0 Å². The molecule has 1 fully saturated rings. The topological polar surface area (TPSA) is 53.4 Å². The summed E-state index contributed by atoms with van der Waals surface area (Å²) in [6, 6.07) is 0. The minimum atomic E-state index is -0.0389. The van der Waals surface area contributed by atoms with E-state index in [2.05, 4.69) is 5.10 Å². The first-order chi connectivity index (χ1) is 6.75. The summed E-state index contributed by atoms with van der Waals surface area (Å²) in [4.78, 5) is 11.3. The Labute approximate surface area is 85.3 Å². The molecule has 1 atom stereocenters. The minimum absolute atomic E-state index is 0.0309. The second kappa shape index (κ2) is 4.20. The highest BCUT2D eigenvalue weighted by Gasteiger charge is 2.16. The fraction of sp³-hybridized carbons (Fsp3) is 0.750. The molecule has 1 aromatic rings. The SMILES string of the molecule is Cc1nn(C[C@H]2COCCO2)c(=O)s1. The number of rotatable bonds is 2. The van der Waals surface area contributed by atoms with E-state index in [4.69, 9.17) is 9.47 Å². The van der Waals surface area contributed by atoms with Crippen LogP contribution in [0, 0.1) is 6.92 Å². The van der Waals surface area contributed by atoms with Crippen LogP contribution >= 0.6 is 11.3 Å². The van der Waals surface area contributed by atoms with Gasteiger partial charge in [-0.3, -0.25) is 4.79 Å². The summed E-state index contributed by atoms with van der Waals surface area (Å²) in [5.41, 5.74) is 0.